The van der Waals surface area contributed by atoms with Gasteiger partial charge in [0.2, 0.25) is 5.95 Å². The molecule has 1 aromatic carbocycles. The molecule has 2 aromatic heterocycles. The summed E-state index contributed by atoms with van der Waals surface area (Å²) in [5, 5.41) is 5.26. The summed E-state index contributed by atoms with van der Waals surface area (Å²) in [6.45, 7) is 0.660. The zero-order valence-electron chi connectivity index (χ0n) is 12.8. The van der Waals surface area contributed by atoms with Crippen molar-refractivity contribution in [3.05, 3.63) is 27.4 Å². The number of hydrogen-bond acceptors (Lipinski definition) is 5. The molecule has 1 aliphatic rings. The van der Waals surface area contributed by atoms with Crippen molar-refractivity contribution < 1.29 is 18.7 Å². The van der Waals surface area contributed by atoms with Crippen molar-refractivity contribution in [2.45, 2.75) is 25.5 Å². The lowest BCUT2D eigenvalue weighted by Gasteiger charge is -2.23. The molecule has 0 radical (unpaired) electrons. The molecule has 1 saturated heterocycles. The quantitative estimate of drug-likeness (QED) is 0.575. The van der Waals surface area contributed by atoms with Crippen LogP contribution in [-0.4, -0.2) is 29.5 Å². The Labute approximate surface area is 149 Å². The summed E-state index contributed by atoms with van der Waals surface area (Å²) in [5.41, 5.74) is 0.678. The van der Waals surface area contributed by atoms with Gasteiger partial charge in [0, 0.05) is 12.0 Å². The largest absolute Gasteiger partial charge is 0.465 e. The van der Waals surface area contributed by atoms with E-state index < -0.39 is 11.9 Å². The first-order valence-electron chi connectivity index (χ1n) is 7.60. The first-order chi connectivity index (χ1) is 11.6. The van der Waals surface area contributed by atoms with Gasteiger partial charge in [-0.05, 0) is 41.3 Å². The zero-order valence-corrected chi connectivity index (χ0v) is 15.2. The molecule has 8 heteroatoms. The summed E-state index contributed by atoms with van der Waals surface area (Å²) in [7, 11) is 1.33. The maximum atomic E-state index is 14.6. The minimum absolute atomic E-state index is 0.244. The Morgan fingerprint density at radius 3 is 3.04 bits per heavy atom. The summed E-state index contributed by atoms with van der Waals surface area (Å²) in [6, 6.07) is 3.69. The van der Waals surface area contributed by atoms with E-state index in [0.717, 1.165) is 24.6 Å². The molecule has 0 saturated carbocycles. The molecule has 0 aliphatic carbocycles. The van der Waals surface area contributed by atoms with Crippen molar-refractivity contribution in [2.75, 3.05) is 13.7 Å². The molecule has 0 spiro atoms. The Bertz CT molecular complexity index is 946. The average Bonchev–Trinajstić information content (AvgIpc) is 3.13. The number of nitrogens with zero attached hydrogens (tertiary/aromatic N) is 2. The number of halogens is 2. The third-order valence-corrected chi connectivity index (χ3v) is 6.51. The molecule has 0 bridgehead atoms. The maximum Gasteiger partial charge on any atom is 0.349 e. The van der Waals surface area contributed by atoms with Gasteiger partial charge in [-0.15, -0.1) is 16.4 Å². The topological polar surface area (TPSA) is 53.3 Å². The van der Waals surface area contributed by atoms with Crippen LogP contribution in [0.3, 0.4) is 0 Å². The van der Waals surface area contributed by atoms with Crippen LogP contribution in [0.1, 0.15) is 35.2 Å². The Morgan fingerprint density at radius 1 is 1.50 bits per heavy atom. The number of esters is 1. The van der Waals surface area contributed by atoms with Gasteiger partial charge in [0.25, 0.3) is 0 Å². The lowest BCUT2D eigenvalue weighted by molar-refractivity contribution is -0.0375. The standard InChI is InChI=1S/C16H14BrFN2O3S/c1-22-16(21)14-12(17)8-5-6-9-11(13(8)24-14)15(18)19-20(9)10-4-2-3-7-23-10/h5-6,10H,2-4,7H2,1H3. The van der Waals surface area contributed by atoms with Crippen LogP contribution in [0.15, 0.2) is 16.6 Å². The van der Waals surface area contributed by atoms with Crippen LogP contribution in [-0.2, 0) is 9.47 Å². The predicted octanol–water partition coefficient (Wildman–Crippen LogP) is 4.64. The van der Waals surface area contributed by atoms with Gasteiger partial charge in [0.05, 0.1) is 27.2 Å². The van der Waals surface area contributed by atoms with E-state index in [-0.39, 0.29) is 6.23 Å². The van der Waals surface area contributed by atoms with Gasteiger partial charge in [0.15, 0.2) is 6.23 Å². The second-order valence-electron chi connectivity index (χ2n) is 5.63. The second kappa shape index (κ2) is 6.09. The lowest BCUT2D eigenvalue weighted by Crippen LogP contribution is -2.19. The Kier molecular flexibility index (Phi) is 4.06. The molecule has 0 amide bonds. The van der Waals surface area contributed by atoms with E-state index in [1.165, 1.54) is 18.4 Å². The molecule has 1 unspecified atom stereocenters. The molecule has 126 valence electrons. The van der Waals surface area contributed by atoms with Crippen LogP contribution < -0.4 is 0 Å². The SMILES string of the molecule is COC(=O)c1sc2c(ccc3c2c(F)nn3C2CCCCO2)c1Br. The van der Waals surface area contributed by atoms with E-state index in [4.69, 9.17) is 9.47 Å². The van der Waals surface area contributed by atoms with Crippen LogP contribution in [0.25, 0.3) is 21.0 Å². The molecule has 4 rings (SSSR count). The van der Waals surface area contributed by atoms with Crippen molar-refractivity contribution in [1.82, 2.24) is 9.78 Å². The summed E-state index contributed by atoms with van der Waals surface area (Å²) >= 11 is 4.63. The number of aromatic nitrogens is 2. The van der Waals surface area contributed by atoms with Crippen molar-refractivity contribution in [2.24, 2.45) is 0 Å². The van der Waals surface area contributed by atoms with Gasteiger partial charge in [-0.2, -0.15) is 4.39 Å². The fourth-order valence-corrected chi connectivity index (χ4v) is 5.08. The third kappa shape index (κ3) is 2.35. The summed E-state index contributed by atoms with van der Waals surface area (Å²) in [6.07, 6.45) is 2.62. The average molecular weight is 413 g/mol. The number of fused-ring (bicyclic) bond motifs is 3. The van der Waals surface area contributed by atoms with Crippen molar-refractivity contribution in [3.8, 4) is 0 Å². The molecule has 0 N–H and O–H groups in total. The van der Waals surface area contributed by atoms with Crippen molar-refractivity contribution in [3.63, 3.8) is 0 Å². The van der Waals surface area contributed by atoms with Gasteiger partial charge in [-0.1, -0.05) is 6.07 Å². The predicted molar refractivity (Wildman–Crippen MR) is 93.0 cm³/mol. The zero-order chi connectivity index (χ0) is 16.8. The number of carbonyl (C=O) groups is 1. The number of rotatable bonds is 2. The van der Waals surface area contributed by atoms with Gasteiger partial charge in [-0.3, -0.25) is 0 Å². The number of hydrogen-bond donors (Lipinski definition) is 0. The van der Waals surface area contributed by atoms with E-state index >= 15 is 0 Å². The van der Waals surface area contributed by atoms with E-state index in [9.17, 15) is 9.18 Å². The van der Waals surface area contributed by atoms with Crippen molar-refractivity contribution in [1.29, 1.82) is 0 Å². The number of ether oxygens (including phenoxy) is 2. The first-order valence-corrected chi connectivity index (χ1v) is 9.21. The molecule has 1 aliphatic heterocycles. The van der Waals surface area contributed by atoms with E-state index in [1.54, 1.807) is 4.68 Å². The van der Waals surface area contributed by atoms with Crippen LogP contribution >= 0.6 is 27.3 Å². The minimum atomic E-state index is -0.546. The van der Waals surface area contributed by atoms with E-state index in [1.807, 2.05) is 12.1 Å². The van der Waals surface area contributed by atoms with Gasteiger partial charge in [-0.25, -0.2) is 9.48 Å². The molecule has 3 heterocycles. The second-order valence-corrected chi connectivity index (χ2v) is 7.44. The fourth-order valence-electron chi connectivity index (χ4n) is 3.07. The fraction of sp³-hybridized carbons (Fsp3) is 0.375. The highest BCUT2D eigenvalue weighted by atomic mass is 79.9. The molecule has 5 nitrogen and oxygen atoms in total. The van der Waals surface area contributed by atoms with Gasteiger partial charge >= 0.3 is 5.97 Å². The molecular formula is C16H14BrFN2O3S. The van der Waals surface area contributed by atoms with Gasteiger partial charge < -0.3 is 9.47 Å². The number of methoxy groups -OCH3 is 1. The first kappa shape index (κ1) is 16.0. The minimum Gasteiger partial charge on any atom is -0.465 e. The monoisotopic (exact) mass is 412 g/mol. The summed E-state index contributed by atoms with van der Waals surface area (Å²) < 4.78 is 28.1. The molecular weight excluding hydrogens is 399 g/mol. The van der Waals surface area contributed by atoms with Gasteiger partial charge in [0.1, 0.15) is 4.88 Å². The highest BCUT2D eigenvalue weighted by Gasteiger charge is 2.25. The lowest BCUT2D eigenvalue weighted by atomic mass is 10.1. The number of thiophene rings is 1. The van der Waals surface area contributed by atoms with Crippen molar-refractivity contribution >= 4 is 54.2 Å². The summed E-state index contributed by atoms with van der Waals surface area (Å²) in [5.74, 6) is -0.991. The van der Waals surface area contributed by atoms with Crippen LogP contribution in [0, 0.1) is 5.95 Å². The molecule has 1 fully saturated rings. The third-order valence-electron chi connectivity index (χ3n) is 4.22. The Morgan fingerprint density at radius 2 is 2.33 bits per heavy atom. The molecule has 24 heavy (non-hydrogen) atoms. The normalized spacial score (nSPS) is 18.4. The number of benzene rings is 1. The maximum absolute atomic E-state index is 14.6. The van der Waals surface area contributed by atoms with E-state index in [0.29, 0.717) is 31.6 Å². The van der Waals surface area contributed by atoms with Crippen LogP contribution in [0.5, 0.6) is 0 Å². The molecule has 1 atom stereocenters. The Hall–Kier alpha value is -1.51. The number of carbonyl (C=O) groups excluding carboxylic acids is 1. The Balaban J connectivity index is 1.95. The summed E-state index contributed by atoms with van der Waals surface area (Å²) in [4.78, 5) is 12.3. The van der Waals surface area contributed by atoms with Crippen LogP contribution in [0.2, 0.25) is 0 Å². The van der Waals surface area contributed by atoms with E-state index in [2.05, 4.69) is 21.0 Å². The smallest absolute Gasteiger partial charge is 0.349 e. The van der Waals surface area contributed by atoms with Crippen LogP contribution in [0.4, 0.5) is 4.39 Å². The molecule has 3 aromatic rings. The highest BCUT2D eigenvalue weighted by molar-refractivity contribution is 9.10. The highest BCUT2D eigenvalue weighted by Crippen LogP contribution is 2.41.